The van der Waals surface area contributed by atoms with Crippen molar-refractivity contribution in [1.82, 2.24) is 9.62 Å². The topological polar surface area (TPSA) is 92.5 Å². The van der Waals surface area contributed by atoms with Crippen LogP contribution >= 0.6 is 0 Å². The summed E-state index contributed by atoms with van der Waals surface area (Å²) in [5.41, 5.74) is 6.08. The van der Waals surface area contributed by atoms with Gasteiger partial charge in [0.2, 0.25) is 10.0 Å². The van der Waals surface area contributed by atoms with Crippen LogP contribution in [0.5, 0.6) is 0 Å². The minimum absolute atomic E-state index is 0.0535. The first kappa shape index (κ1) is 15.9. The zero-order chi connectivity index (χ0) is 15.6. The standard InChI is InChI=1S/C14H21N3O3S/c1-10-7-11(8-15)9-17(10)21(19,20)13-5-3-12(4-6-13)14(18)16-2/h3-6,10-11H,7-9,15H2,1-2H3,(H,16,18). The van der Waals surface area contributed by atoms with E-state index in [0.717, 1.165) is 6.42 Å². The van der Waals surface area contributed by atoms with E-state index in [4.69, 9.17) is 5.73 Å². The van der Waals surface area contributed by atoms with Crippen LogP contribution in [-0.2, 0) is 10.0 Å². The highest BCUT2D eigenvalue weighted by Crippen LogP contribution is 2.28. The average molecular weight is 311 g/mol. The van der Waals surface area contributed by atoms with E-state index >= 15 is 0 Å². The molecule has 1 heterocycles. The van der Waals surface area contributed by atoms with Crippen LogP contribution in [0.4, 0.5) is 0 Å². The molecule has 7 heteroatoms. The summed E-state index contributed by atoms with van der Waals surface area (Å²) < 4.78 is 26.8. The van der Waals surface area contributed by atoms with Gasteiger partial charge in [-0.15, -0.1) is 0 Å². The summed E-state index contributed by atoms with van der Waals surface area (Å²) in [6.07, 6.45) is 0.784. The summed E-state index contributed by atoms with van der Waals surface area (Å²) in [5, 5.41) is 2.50. The SMILES string of the molecule is CNC(=O)c1ccc(S(=O)(=O)N2CC(CN)CC2C)cc1. The molecule has 1 saturated heterocycles. The van der Waals surface area contributed by atoms with Gasteiger partial charge in [-0.1, -0.05) is 0 Å². The van der Waals surface area contributed by atoms with Gasteiger partial charge in [0.1, 0.15) is 0 Å². The van der Waals surface area contributed by atoms with Crippen LogP contribution in [0.2, 0.25) is 0 Å². The van der Waals surface area contributed by atoms with E-state index in [-0.39, 0.29) is 22.8 Å². The third-order valence-electron chi connectivity index (χ3n) is 3.89. The molecule has 6 nitrogen and oxygen atoms in total. The maximum atomic E-state index is 12.6. The first-order valence-corrected chi connectivity index (χ1v) is 8.38. The lowest BCUT2D eigenvalue weighted by atomic mass is 10.1. The van der Waals surface area contributed by atoms with Crippen molar-refractivity contribution in [3.63, 3.8) is 0 Å². The first-order valence-electron chi connectivity index (χ1n) is 6.94. The van der Waals surface area contributed by atoms with Crippen molar-refractivity contribution in [2.75, 3.05) is 20.1 Å². The molecule has 1 amide bonds. The van der Waals surface area contributed by atoms with Gasteiger partial charge >= 0.3 is 0 Å². The monoisotopic (exact) mass is 311 g/mol. The maximum absolute atomic E-state index is 12.6. The number of nitrogens with two attached hydrogens (primary N) is 1. The molecule has 21 heavy (non-hydrogen) atoms. The number of carbonyl (C=O) groups is 1. The Kier molecular flexibility index (Phi) is 4.65. The number of rotatable bonds is 4. The van der Waals surface area contributed by atoms with Gasteiger partial charge in [0.25, 0.3) is 5.91 Å². The van der Waals surface area contributed by atoms with Crippen LogP contribution < -0.4 is 11.1 Å². The van der Waals surface area contributed by atoms with Crippen LogP contribution in [-0.4, -0.2) is 44.8 Å². The Morgan fingerprint density at radius 3 is 2.48 bits per heavy atom. The molecule has 0 aliphatic carbocycles. The van der Waals surface area contributed by atoms with Gasteiger partial charge in [0, 0.05) is 25.2 Å². The molecule has 2 rings (SSSR count). The van der Waals surface area contributed by atoms with Gasteiger partial charge in [0.15, 0.2) is 0 Å². The van der Waals surface area contributed by atoms with Crippen LogP contribution in [0.15, 0.2) is 29.2 Å². The molecule has 3 N–H and O–H groups in total. The smallest absolute Gasteiger partial charge is 0.251 e. The second kappa shape index (κ2) is 6.13. The molecular weight excluding hydrogens is 290 g/mol. The number of benzene rings is 1. The molecule has 1 aromatic rings. The highest BCUT2D eigenvalue weighted by Gasteiger charge is 2.37. The molecule has 0 bridgehead atoms. The summed E-state index contributed by atoms with van der Waals surface area (Å²) in [6, 6.07) is 5.94. The normalized spacial score (nSPS) is 23.2. The zero-order valence-electron chi connectivity index (χ0n) is 12.2. The van der Waals surface area contributed by atoms with E-state index in [1.165, 1.54) is 35.6 Å². The largest absolute Gasteiger partial charge is 0.355 e. The molecule has 0 radical (unpaired) electrons. The molecule has 1 aromatic carbocycles. The summed E-state index contributed by atoms with van der Waals surface area (Å²) in [7, 11) is -2.00. The minimum Gasteiger partial charge on any atom is -0.355 e. The fourth-order valence-electron chi connectivity index (χ4n) is 2.67. The summed E-state index contributed by atoms with van der Waals surface area (Å²) >= 11 is 0. The lowest BCUT2D eigenvalue weighted by Crippen LogP contribution is -2.34. The number of hydrogen-bond donors (Lipinski definition) is 2. The number of hydrogen-bond acceptors (Lipinski definition) is 4. The van der Waals surface area contributed by atoms with Crippen LogP contribution in [0, 0.1) is 5.92 Å². The Bertz CT molecular complexity index is 613. The van der Waals surface area contributed by atoms with E-state index in [1.807, 2.05) is 6.92 Å². The number of carbonyl (C=O) groups excluding carboxylic acids is 1. The number of nitrogens with zero attached hydrogens (tertiary/aromatic N) is 1. The molecular formula is C14H21N3O3S. The van der Waals surface area contributed by atoms with Gasteiger partial charge in [-0.05, 0) is 50.1 Å². The predicted octanol–water partition coefficient (Wildman–Crippen LogP) is 0.404. The minimum atomic E-state index is -3.53. The molecule has 0 aromatic heterocycles. The van der Waals surface area contributed by atoms with E-state index in [9.17, 15) is 13.2 Å². The maximum Gasteiger partial charge on any atom is 0.251 e. The fraction of sp³-hybridized carbons (Fsp3) is 0.500. The second-order valence-corrected chi connectivity index (χ2v) is 7.26. The molecule has 1 aliphatic heterocycles. The second-order valence-electron chi connectivity index (χ2n) is 5.36. The van der Waals surface area contributed by atoms with Crippen LogP contribution in [0.25, 0.3) is 0 Å². The Balaban J connectivity index is 2.26. The van der Waals surface area contributed by atoms with Crippen molar-refractivity contribution < 1.29 is 13.2 Å². The fourth-order valence-corrected chi connectivity index (χ4v) is 4.39. The molecule has 1 aliphatic rings. The van der Waals surface area contributed by atoms with Gasteiger partial charge in [0.05, 0.1) is 4.90 Å². The van der Waals surface area contributed by atoms with Crippen molar-refractivity contribution in [2.24, 2.45) is 11.7 Å². The summed E-state index contributed by atoms with van der Waals surface area (Å²) in [4.78, 5) is 11.7. The van der Waals surface area contributed by atoms with E-state index in [1.54, 1.807) is 0 Å². The van der Waals surface area contributed by atoms with Gasteiger partial charge in [-0.2, -0.15) is 4.31 Å². The third-order valence-corrected chi connectivity index (χ3v) is 5.88. The van der Waals surface area contributed by atoms with Crippen LogP contribution in [0.1, 0.15) is 23.7 Å². The Morgan fingerprint density at radius 2 is 2.00 bits per heavy atom. The zero-order valence-corrected chi connectivity index (χ0v) is 13.1. The first-order chi connectivity index (χ1) is 9.90. The molecule has 0 saturated carbocycles. The average Bonchev–Trinajstić information content (AvgIpc) is 2.88. The van der Waals surface area contributed by atoms with Gasteiger partial charge in [-0.3, -0.25) is 4.79 Å². The Morgan fingerprint density at radius 1 is 1.38 bits per heavy atom. The van der Waals surface area contributed by atoms with Crippen molar-refractivity contribution in [3.8, 4) is 0 Å². The molecule has 1 fully saturated rings. The van der Waals surface area contributed by atoms with Gasteiger partial charge < -0.3 is 11.1 Å². The summed E-state index contributed by atoms with van der Waals surface area (Å²) in [5.74, 6) is -0.0309. The van der Waals surface area contributed by atoms with E-state index < -0.39 is 10.0 Å². The molecule has 2 unspecified atom stereocenters. The number of amides is 1. The van der Waals surface area contributed by atoms with Crippen molar-refractivity contribution >= 4 is 15.9 Å². The predicted molar refractivity (Wildman–Crippen MR) is 80.3 cm³/mol. The highest BCUT2D eigenvalue weighted by molar-refractivity contribution is 7.89. The lowest BCUT2D eigenvalue weighted by Gasteiger charge is -2.21. The van der Waals surface area contributed by atoms with Crippen molar-refractivity contribution in [3.05, 3.63) is 29.8 Å². The van der Waals surface area contributed by atoms with E-state index in [0.29, 0.717) is 18.7 Å². The molecule has 0 spiro atoms. The Labute approximate surface area is 125 Å². The van der Waals surface area contributed by atoms with Crippen LogP contribution in [0.3, 0.4) is 0 Å². The van der Waals surface area contributed by atoms with Crippen molar-refractivity contribution in [1.29, 1.82) is 0 Å². The Hall–Kier alpha value is -1.44. The van der Waals surface area contributed by atoms with Crippen molar-refractivity contribution in [2.45, 2.75) is 24.3 Å². The molecule has 116 valence electrons. The molecule has 2 atom stereocenters. The van der Waals surface area contributed by atoms with E-state index in [2.05, 4.69) is 5.32 Å². The summed E-state index contributed by atoms with van der Waals surface area (Å²) in [6.45, 7) is 2.84. The lowest BCUT2D eigenvalue weighted by molar-refractivity contribution is 0.0963. The highest BCUT2D eigenvalue weighted by atomic mass is 32.2. The van der Waals surface area contributed by atoms with Gasteiger partial charge in [-0.25, -0.2) is 8.42 Å². The number of sulfonamides is 1. The third kappa shape index (κ3) is 3.09. The quantitative estimate of drug-likeness (QED) is 0.842. The number of nitrogens with one attached hydrogen (secondary N) is 1.